The second-order valence-electron chi connectivity index (χ2n) is 3.88. The average molecular weight is 342 g/mol. The van der Waals surface area contributed by atoms with Gasteiger partial charge in [-0.05, 0) is 25.1 Å². The van der Waals surface area contributed by atoms with Gasteiger partial charge in [-0.2, -0.15) is 0 Å². The normalized spacial score (nSPS) is 10.5. The highest BCUT2D eigenvalue weighted by Gasteiger charge is 2.10. The van der Waals surface area contributed by atoms with E-state index in [1.165, 1.54) is 0 Å². The molecule has 0 aliphatic rings. The Kier molecular flexibility index (Phi) is 4.76. The molecule has 1 aromatic carbocycles. The van der Waals surface area contributed by atoms with E-state index in [4.69, 9.17) is 0 Å². The van der Waals surface area contributed by atoms with Crippen molar-refractivity contribution >= 4 is 33.5 Å². The standard InChI is InChI=1S/C13H13BrFN3S/c1-8-12(15)13(16-2)18-11(17-8)7-19-10-5-3-4-9(14)6-10/h3-6H,7H2,1-2H3,(H,16,17,18). The Morgan fingerprint density at radius 1 is 1.37 bits per heavy atom. The number of rotatable bonds is 4. The SMILES string of the molecule is CNc1nc(CSc2cccc(Br)c2)nc(C)c1F. The van der Waals surface area contributed by atoms with E-state index in [1.807, 2.05) is 24.3 Å². The molecule has 0 amide bonds. The molecule has 0 aliphatic heterocycles. The topological polar surface area (TPSA) is 37.8 Å². The van der Waals surface area contributed by atoms with Crippen LogP contribution in [0, 0.1) is 12.7 Å². The second kappa shape index (κ2) is 6.34. The maximum absolute atomic E-state index is 13.6. The molecule has 100 valence electrons. The lowest BCUT2D eigenvalue weighted by Gasteiger charge is -2.07. The quantitative estimate of drug-likeness (QED) is 0.852. The van der Waals surface area contributed by atoms with E-state index in [1.54, 1.807) is 25.7 Å². The summed E-state index contributed by atoms with van der Waals surface area (Å²) >= 11 is 5.04. The number of nitrogens with one attached hydrogen (secondary N) is 1. The molecular weight excluding hydrogens is 329 g/mol. The van der Waals surface area contributed by atoms with Gasteiger partial charge in [0, 0.05) is 16.4 Å². The smallest absolute Gasteiger partial charge is 0.186 e. The summed E-state index contributed by atoms with van der Waals surface area (Å²) in [6.07, 6.45) is 0. The van der Waals surface area contributed by atoms with Gasteiger partial charge in [-0.1, -0.05) is 22.0 Å². The van der Waals surface area contributed by atoms with Crippen molar-refractivity contribution in [1.29, 1.82) is 0 Å². The van der Waals surface area contributed by atoms with Crippen LogP contribution in [0.2, 0.25) is 0 Å². The summed E-state index contributed by atoms with van der Waals surface area (Å²) in [5, 5.41) is 2.74. The van der Waals surface area contributed by atoms with Crippen LogP contribution < -0.4 is 5.32 Å². The Labute approximate surface area is 124 Å². The molecule has 3 nitrogen and oxygen atoms in total. The zero-order chi connectivity index (χ0) is 13.8. The van der Waals surface area contributed by atoms with Crippen LogP contribution >= 0.6 is 27.7 Å². The Morgan fingerprint density at radius 3 is 2.84 bits per heavy atom. The van der Waals surface area contributed by atoms with E-state index in [0.717, 1.165) is 9.37 Å². The molecule has 2 rings (SSSR count). The predicted octanol–water partition coefficient (Wildman–Crippen LogP) is 4.02. The average Bonchev–Trinajstić information content (AvgIpc) is 2.40. The maximum atomic E-state index is 13.6. The van der Waals surface area contributed by atoms with Gasteiger partial charge >= 0.3 is 0 Å². The lowest BCUT2D eigenvalue weighted by atomic mass is 10.4. The van der Waals surface area contributed by atoms with Crippen molar-refractivity contribution in [2.75, 3.05) is 12.4 Å². The molecule has 1 aromatic heterocycles. The van der Waals surface area contributed by atoms with Crippen LogP contribution in [0.4, 0.5) is 10.2 Å². The van der Waals surface area contributed by atoms with Crippen molar-refractivity contribution in [1.82, 2.24) is 9.97 Å². The van der Waals surface area contributed by atoms with E-state index in [-0.39, 0.29) is 5.82 Å². The molecule has 6 heteroatoms. The first-order chi connectivity index (χ1) is 9.10. The lowest BCUT2D eigenvalue weighted by molar-refractivity contribution is 0.603. The fourth-order valence-electron chi connectivity index (χ4n) is 1.55. The first-order valence-corrected chi connectivity index (χ1v) is 7.47. The number of hydrogen-bond donors (Lipinski definition) is 1. The molecule has 0 aliphatic carbocycles. The van der Waals surface area contributed by atoms with Crippen LogP contribution in [0.15, 0.2) is 33.6 Å². The Hall–Kier alpha value is -1.14. The molecular formula is C13H13BrFN3S. The van der Waals surface area contributed by atoms with Gasteiger partial charge in [0.25, 0.3) is 0 Å². The third-order valence-corrected chi connectivity index (χ3v) is 3.95. The fourth-order valence-corrected chi connectivity index (χ4v) is 2.91. The van der Waals surface area contributed by atoms with E-state index >= 15 is 0 Å². The fraction of sp³-hybridized carbons (Fsp3) is 0.231. The molecule has 2 aromatic rings. The van der Waals surface area contributed by atoms with Crippen molar-refractivity contribution < 1.29 is 4.39 Å². The molecule has 19 heavy (non-hydrogen) atoms. The van der Waals surface area contributed by atoms with Gasteiger partial charge in [0.1, 0.15) is 5.82 Å². The number of nitrogens with zero attached hydrogens (tertiary/aromatic N) is 2. The minimum Gasteiger partial charge on any atom is -0.371 e. The third-order valence-electron chi connectivity index (χ3n) is 2.46. The van der Waals surface area contributed by atoms with Gasteiger partial charge < -0.3 is 5.32 Å². The van der Waals surface area contributed by atoms with Gasteiger partial charge in [0.15, 0.2) is 11.6 Å². The van der Waals surface area contributed by atoms with E-state index in [9.17, 15) is 4.39 Å². The summed E-state index contributed by atoms with van der Waals surface area (Å²) in [6, 6.07) is 7.99. The molecule has 0 unspecified atom stereocenters. The molecule has 1 heterocycles. The van der Waals surface area contributed by atoms with Gasteiger partial charge in [0.05, 0.1) is 11.4 Å². The van der Waals surface area contributed by atoms with Crippen molar-refractivity contribution in [3.05, 3.63) is 46.1 Å². The van der Waals surface area contributed by atoms with Crippen molar-refractivity contribution in [2.45, 2.75) is 17.6 Å². The molecule has 0 spiro atoms. The van der Waals surface area contributed by atoms with E-state index in [2.05, 4.69) is 31.2 Å². The largest absolute Gasteiger partial charge is 0.371 e. The number of anilines is 1. The molecule has 0 saturated carbocycles. The predicted molar refractivity (Wildman–Crippen MR) is 80.0 cm³/mol. The Bertz CT molecular complexity index is 592. The first-order valence-electron chi connectivity index (χ1n) is 5.69. The summed E-state index contributed by atoms with van der Waals surface area (Å²) in [5.41, 5.74) is 0.365. The third kappa shape index (κ3) is 3.67. The van der Waals surface area contributed by atoms with Crippen LogP contribution in [0.3, 0.4) is 0 Å². The van der Waals surface area contributed by atoms with Crippen LogP contribution in [0.5, 0.6) is 0 Å². The van der Waals surface area contributed by atoms with Crippen LogP contribution in [0.25, 0.3) is 0 Å². The molecule has 0 radical (unpaired) electrons. The number of halogens is 2. The highest BCUT2D eigenvalue weighted by atomic mass is 79.9. The van der Waals surface area contributed by atoms with Crippen LogP contribution in [0.1, 0.15) is 11.5 Å². The van der Waals surface area contributed by atoms with Gasteiger partial charge in [-0.25, -0.2) is 14.4 Å². The number of aromatic nitrogens is 2. The molecule has 0 fully saturated rings. The molecule has 1 N–H and O–H groups in total. The minimum atomic E-state index is -0.390. The highest BCUT2D eigenvalue weighted by molar-refractivity contribution is 9.10. The van der Waals surface area contributed by atoms with Crippen molar-refractivity contribution in [3.8, 4) is 0 Å². The molecule has 0 atom stereocenters. The van der Waals surface area contributed by atoms with Crippen molar-refractivity contribution in [2.24, 2.45) is 0 Å². The van der Waals surface area contributed by atoms with Crippen LogP contribution in [-0.2, 0) is 5.75 Å². The summed E-state index contributed by atoms with van der Waals surface area (Å²) in [4.78, 5) is 9.44. The Balaban J connectivity index is 2.13. The summed E-state index contributed by atoms with van der Waals surface area (Å²) in [5.74, 6) is 1.08. The highest BCUT2D eigenvalue weighted by Crippen LogP contribution is 2.25. The summed E-state index contributed by atoms with van der Waals surface area (Å²) in [6.45, 7) is 1.64. The van der Waals surface area contributed by atoms with E-state index in [0.29, 0.717) is 17.3 Å². The zero-order valence-electron chi connectivity index (χ0n) is 10.6. The van der Waals surface area contributed by atoms with E-state index < -0.39 is 5.82 Å². The molecule has 0 saturated heterocycles. The van der Waals surface area contributed by atoms with Crippen LogP contribution in [-0.4, -0.2) is 17.0 Å². The number of hydrogen-bond acceptors (Lipinski definition) is 4. The minimum absolute atomic E-state index is 0.248. The van der Waals surface area contributed by atoms with Gasteiger partial charge in [-0.15, -0.1) is 11.8 Å². The first kappa shape index (κ1) is 14.3. The zero-order valence-corrected chi connectivity index (χ0v) is 13.0. The number of thioether (sulfide) groups is 1. The second-order valence-corrected chi connectivity index (χ2v) is 5.85. The monoisotopic (exact) mass is 341 g/mol. The summed E-state index contributed by atoms with van der Waals surface area (Å²) in [7, 11) is 1.65. The van der Waals surface area contributed by atoms with Crippen molar-refractivity contribution in [3.63, 3.8) is 0 Å². The number of benzene rings is 1. The van der Waals surface area contributed by atoms with Gasteiger partial charge in [-0.3, -0.25) is 0 Å². The number of aryl methyl sites for hydroxylation is 1. The maximum Gasteiger partial charge on any atom is 0.186 e. The van der Waals surface area contributed by atoms with Gasteiger partial charge in [0.2, 0.25) is 0 Å². The molecule has 0 bridgehead atoms. The summed E-state index contributed by atoms with van der Waals surface area (Å²) < 4.78 is 14.6. The lowest BCUT2D eigenvalue weighted by Crippen LogP contribution is -2.05. The Morgan fingerprint density at radius 2 is 2.16 bits per heavy atom.